The largest absolute Gasteiger partial charge is 0.497 e. The van der Waals surface area contributed by atoms with E-state index in [2.05, 4.69) is 11.8 Å². The Morgan fingerprint density at radius 1 is 1.03 bits per heavy atom. The summed E-state index contributed by atoms with van der Waals surface area (Å²) in [7, 11) is 5.21. The third-order valence-electron chi connectivity index (χ3n) is 6.74. The summed E-state index contributed by atoms with van der Waals surface area (Å²) in [5.74, 6) is 2.52. The van der Waals surface area contributed by atoms with Crippen LogP contribution >= 0.6 is 0 Å². The van der Waals surface area contributed by atoms with E-state index in [0.29, 0.717) is 0 Å². The lowest BCUT2D eigenvalue weighted by molar-refractivity contribution is -0.136. The van der Waals surface area contributed by atoms with Crippen LogP contribution in [0.1, 0.15) is 37.1 Å². The fraction of sp³-hybridized carbons (Fsp3) is 0.423. The molecule has 7 heteroatoms. The zero-order valence-electron chi connectivity index (χ0n) is 20.0. The molecule has 0 spiro atoms. The van der Waals surface area contributed by atoms with E-state index < -0.39 is 0 Å². The first-order chi connectivity index (χ1) is 15.9. The molecule has 1 aliphatic rings. The first kappa shape index (κ1) is 22.8. The van der Waals surface area contributed by atoms with E-state index in [-0.39, 0.29) is 17.9 Å². The highest BCUT2D eigenvalue weighted by Crippen LogP contribution is 2.29. The molecule has 2 heterocycles. The van der Waals surface area contributed by atoms with Crippen molar-refractivity contribution in [2.75, 3.05) is 39.3 Å². The van der Waals surface area contributed by atoms with E-state index in [4.69, 9.17) is 19.4 Å². The number of carbonyl (C=O) groups is 1. The van der Waals surface area contributed by atoms with Crippen molar-refractivity contribution >= 4 is 22.8 Å². The number of aromatic nitrogens is 2. The highest BCUT2D eigenvalue weighted by Gasteiger charge is 2.30. The number of carbonyl (C=O) groups excluding carboxylic acids is 1. The molecule has 2 aromatic carbocycles. The zero-order chi connectivity index (χ0) is 23.5. The second-order valence-electron chi connectivity index (χ2n) is 8.65. The number of hydrogen-bond acceptors (Lipinski definition) is 6. The van der Waals surface area contributed by atoms with Gasteiger partial charge in [-0.05, 0) is 56.5 Å². The minimum Gasteiger partial charge on any atom is -0.497 e. The van der Waals surface area contributed by atoms with Crippen LogP contribution in [0.5, 0.6) is 11.5 Å². The number of benzene rings is 2. The van der Waals surface area contributed by atoms with Crippen LogP contribution < -0.4 is 14.4 Å². The van der Waals surface area contributed by atoms with Crippen LogP contribution in [0.4, 0.5) is 5.95 Å². The average Bonchev–Trinajstić information content (AvgIpc) is 2.87. The Morgan fingerprint density at radius 2 is 1.67 bits per heavy atom. The first-order valence-corrected chi connectivity index (χ1v) is 11.4. The SMILES string of the molecule is COc1ccc(C(C)N(C)C(=O)C2CCN(c3nc(C)c4ccc(OC)cc4n3)CC2)cc1. The number of ether oxygens (including phenoxy) is 2. The molecule has 0 radical (unpaired) electrons. The molecule has 0 N–H and O–H groups in total. The van der Waals surface area contributed by atoms with Gasteiger partial charge in [0, 0.05) is 37.5 Å². The van der Waals surface area contributed by atoms with Crippen LogP contribution in [0.25, 0.3) is 10.9 Å². The van der Waals surface area contributed by atoms with Gasteiger partial charge in [-0.2, -0.15) is 0 Å². The molecule has 1 fully saturated rings. The minimum absolute atomic E-state index is 0.00267. The van der Waals surface area contributed by atoms with Gasteiger partial charge in [0.25, 0.3) is 0 Å². The van der Waals surface area contributed by atoms with Crippen LogP contribution in [-0.4, -0.2) is 55.1 Å². The summed E-state index contributed by atoms with van der Waals surface area (Å²) in [6.07, 6.45) is 1.58. The number of aryl methyl sites for hydroxylation is 1. The highest BCUT2D eigenvalue weighted by atomic mass is 16.5. The van der Waals surface area contributed by atoms with Crippen molar-refractivity contribution < 1.29 is 14.3 Å². The lowest BCUT2D eigenvalue weighted by Gasteiger charge is -2.35. The van der Waals surface area contributed by atoms with Crippen molar-refractivity contribution in [1.82, 2.24) is 14.9 Å². The number of nitrogens with zero attached hydrogens (tertiary/aromatic N) is 4. The predicted octanol–water partition coefficient (Wildman–Crippen LogP) is 4.39. The molecule has 1 aromatic heterocycles. The van der Waals surface area contributed by atoms with Crippen LogP contribution in [-0.2, 0) is 4.79 Å². The van der Waals surface area contributed by atoms with Gasteiger partial charge in [-0.3, -0.25) is 4.79 Å². The standard InChI is InChI=1S/C26H32N4O3/c1-17-23-11-10-22(33-5)16-24(23)28-26(27-17)30-14-12-20(13-15-30)25(31)29(3)18(2)19-6-8-21(32-4)9-7-19/h6-11,16,18,20H,12-15H2,1-5H3. The molecule has 0 bridgehead atoms. The maximum atomic E-state index is 13.2. The lowest BCUT2D eigenvalue weighted by atomic mass is 9.94. The van der Waals surface area contributed by atoms with Crippen LogP contribution in [0.3, 0.4) is 0 Å². The summed E-state index contributed by atoms with van der Waals surface area (Å²) in [5.41, 5.74) is 2.92. The molecule has 1 amide bonds. The Balaban J connectivity index is 1.42. The van der Waals surface area contributed by atoms with Crippen molar-refractivity contribution in [2.24, 2.45) is 5.92 Å². The number of amides is 1. The van der Waals surface area contributed by atoms with E-state index in [0.717, 1.165) is 65.5 Å². The summed E-state index contributed by atoms with van der Waals surface area (Å²) in [5, 5.41) is 1.03. The van der Waals surface area contributed by atoms with Gasteiger partial charge in [0.15, 0.2) is 0 Å². The molecule has 7 nitrogen and oxygen atoms in total. The van der Waals surface area contributed by atoms with E-state index in [9.17, 15) is 4.79 Å². The van der Waals surface area contributed by atoms with Gasteiger partial charge in [-0.25, -0.2) is 9.97 Å². The normalized spacial score (nSPS) is 15.4. The van der Waals surface area contributed by atoms with Gasteiger partial charge in [-0.1, -0.05) is 12.1 Å². The molecule has 3 aromatic rings. The Hall–Kier alpha value is -3.35. The van der Waals surface area contributed by atoms with Crippen molar-refractivity contribution in [2.45, 2.75) is 32.7 Å². The Bertz CT molecular complexity index is 1120. The molecule has 174 valence electrons. The molecule has 1 atom stereocenters. The van der Waals surface area contributed by atoms with E-state index in [1.165, 1.54) is 0 Å². The van der Waals surface area contributed by atoms with Crippen molar-refractivity contribution in [3.63, 3.8) is 0 Å². The fourth-order valence-electron chi connectivity index (χ4n) is 4.43. The Labute approximate surface area is 195 Å². The summed E-state index contributed by atoms with van der Waals surface area (Å²) in [6, 6.07) is 13.8. The molecule has 4 rings (SSSR count). The molecule has 33 heavy (non-hydrogen) atoms. The molecular weight excluding hydrogens is 416 g/mol. The summed E-state index contributed by atoms with van der Waals surface area (Å²) >= 11 is 0. The maximum Gasteiger partial charge on any atom is 0.226 e. The predicted molar refractivity (Wildman–Crippen MR) is 130 cm³/mol. The number of hydrogen-bond donors (Lipinski definition) is 0. The molecular formula is C26H32N4O3. The maximum absolute atomic E-state index is 13.2. The summed E-state index contributed by atoms with van der Waals surface area (Å²) in [4.78, 5) is 26.8. The minimum atomic E-state index is 0.00267. The Morgan fingerprint density at radius 3 is 2.30 bits per heavy atom. The van der Waals surface area contributed by atoms with Gasteiger partial charge in [0.05, 0.1) is 31.5 Å². The smallest absolute Gasteiger partial charge is 0.226 e. The van der Waals surface area contributed by atoms with Gasteiger partial charge < -0.3 is 19.3 Å². The number of methoxy groups -OCH3 is 2. The molecule has 1 unspecified atom stereocenters. The fourth-order valence-corrected chi connectivity index (χ4v) is 4.43. The monoisotopic (exact) mass is 448 g/mol. The van der Waals surface area contributed by atoms with Crippen LogP contribution in [0.15, 0.2) is 42.5 Å². The second-order valence-corrected chi connectivity index (χ2v) is 8.65. The topological polar surface area (TPSA) is 67.8 Å². The van der Waals surface area contributed by atoms with Crippen molar-refractivity contribution in [3.8, 4) is 11.5 Å². The number of rotatable bonds is 6. The van der Waals surface area contributed by atoms with E-state index in [1.54, 1.807) is 14.2 Å². The van der Waals surface area contributed by atoms with Gasteiger partial charge >= 0.3 is 0 Å². The van der Waals surface area contributed by atoms with Crippen LogP contribution in [0, 0.1) is 12.8 Å². The number of piperidine rings is 1. The average molecular weight is 449 g/mol. The van der Waals surface area contributed by atoms with Gasteiger partial charge in [-0.15, -0.1) is 0 Å². The highest BCUT2D eigenvalue weighted by molar-refractivity contribution is 5.83. The molecule has 0 saturated carbocycles. The summed E-state index contributed by atoms with van der Waals surface area (Å²) in [6.45, 7) is 5.59. The van der Waals surface area contributed by atoms with Gasteiger partial charge in [0.1, 0.15) is 11.5 Å². The van der Waals surface area contributed by atoms with Gasteiger partial charge in [0.2, 0.25) is 11.9 Å². The first-order valence-electron chi connectivity index (χ1n) is 11.4. The van der Waals surface area contributed by atoms with E-state index >= 15 is 0 Å². The lowest BCUT2D eigenvalue weighted by Crippen LogP contribution is -2.42. The molecule has 0 aliphatic carbocycles. The Kier molecular flexibility index (Phi) is 6.67. The van der Waals surface area contributed by atoms with Crippen molar-refractivity contribution in [3.05, 3.63) is 53.7 Å². The van der Waals surface area contributed by atoms with Crippen molar-refractivity contribution in [1.29, 1.82) is 0 Å². The third-order valence-corrected chi connectivity index (χ3v) is 6.74. The third kappa shape index (κ3) is 4.72. The summed E-state index contributed by atoms with van der Waals surface area (Å²) < 4.78 is 10.6. The number of fused-ring (bicyclic) bond motifs is 1. The zero-order valence-corrected chi connectivity index (χ0v) is 20.0. The van der Waals surface area contributed by atoms with E-state index in [1.807, 2.05) is 61.3 Å². The quantitative estimate of drug-likeness (QED) is 0.557. The molecule has 1 aliphatic heterocycles. The number of anilines is 1. The second kappa shape index (κ2) is 9.65. The molecule has 1 saturated heterocycles. The van der Waals surface area contributed by atoms with Crippen LogP contribution in [0.2, 0.25) is 0 Å².